The number of nitrogens with one attached hydrogen (secondary N) is 1. The zero-order valence-electron chi connectivity index (χ0n) is 14.5. The number of amides is 2. The van der Waals surface area contributed by atoms with Gasteiger partial charge in [0.2, 0.25) is 0 Å². The number of fused-ring (bicyclic) bond motifs is 1. The lowest BCUT2D eigenvalue weighted by atomic mass is 10.1. The number of rotatable bonds is 5. The van der Waals surface area contributed by atoms with Crippen molar-refractivity contribution in [2.45, 2.75) is 32.9 Å². The van der Waals surface area contributed by atoms with Crippen LogP contribution in [0.15, 0.2) is 29.6 Å². The summed E-state index contributed by atoms with van der Waals surface area (Å²) in [4.78, 5) is 20.7. The van der Waals surface area contributed by atoms with E-state index in [-0.39, 0.29) is 6.03 Å². The third-order valence-electron chi connectivity index (χ3n) is 4.39. The van der Waals surface area contributed by atoms with Crippen molar-refractivity contribution in [1.82, 2.24) is 15.2 Å². The normalized spacial score (nSPS) is 16.1. The molecule has 1 N–H and O–H groups in total. The summed E-state index contributed by atoms with van der Waals surface area (Å²) >= 11 is 1.61. The van der Waals surface area contributed by atoms with Crippen LogP contribution in [0.1, 0.15) is 23.2 Å². The summed E-state index contributed by atoms with van der Waals surface area (Å²) in [5.41, 5.74) is 3.63. The zero-order chi connectivity index (χ0) is 17.1. The minimum absolute atomic E-state index is 0.0548. The topological polar surface area (TPSA) is 48.5 Å². The maximum Gasteiger partial charge on any atom is 0.317 e. The van der Waals surface area contributed by atoms with Crippen molar-refractivity contribution in [3.05, 3.63) is 45.9 Å². The Morgan fingerprint density at radius 3 is 3.00 bits per heavy atom. The zero-order valence-corrected chi connectivity index (χ0v) is 15.3. The molecule has 2 heterocycles. The molecule has 2 amide bonds. The molecule has 24 heavy (non-hydrogen) atoms. The number of hydrogen-bond acceptors (Lipinski definition) is 4. The molecule has 6 heteroatoms. The fourth-order valence-electron chi connectivity index (χ4n) is 3.18. The van der Waals surface area contributed by atoms with Gasteiger partial charge in [-0.1, -0.05) is 18.2 Å². The predicted octanol–water partition coefficient (Wildman–Crippen LogP) is 3.04. The molecule has 0 saturated heterocycles. The molecule has 1 aliphatic heterocycles. The molecule has 5 nitrogen and oxygen atoms in total. The summed E-state index contributed by atoms with van der Waals surface area (Å²) < 4.78 is 0. The lowest BCUT2D eigenvalue weighted by Gasteiger charge is -2.25. The second kappa shape index (κ2) is 7.21. The van der Waals surface area contributed by atoms with Crippen molar-refractivity contribution in [2.24, 2.45) is 0 Å². The molecule has 3 rings (SSSR count). The van der Waals surface area contributed by atoms with Gasteiger partial charge in [0.05, 0.1) is 17.2 Å². The minimum Gasteiger partial charge on any atom is -0.367 e. The average molecular weight is 344 g/mol. The number of anilines is 1. The molecule has 0 spiro atoms. The summed E-state index contributed by atoms with van der Waals surface area (Å²) in [5, 5.41) is 6.04. The quantitative estimate of drug-likeness (QED) is 0.907. The molecule has 0 fully saturated rings. The molecule has 1 aromatic carbocycles. The van der Waals surface area contributed by atoms with Crippen LogP contribution in [0.4, 0.5) is 10.5 Å². The third kappa shape index (κ3) is 3.70. The standard InChI is InChI=1S/C18H24N4OS/c1-13-10-15-6-4-5-7-17(15)22(13)9-8-19-18(23)21(3)11-16-12-24-14(2)20-16/h4-7,12-13H,8-11H2,1-3H3,(H,19,23). The second-order valence-corrected chi connectivity index (χ2v) is 7.38. The Kier molecular flexibility index (Phi) is 5.04. The van der Waals surface area contributed by atoms with E-state index in [4.69, 9.17) is 0 Å². The first kappa shape index (κ1) is 16.8. The van der Waals surface area contributed by atoms with Gasteiger partial charge in [-0.25, -0.2) is 9.78 Å². The Morgan fingerprint density at radius 2 is 2.25 bits per heavy atom. The number of nitrogens with zero attached hydrogens (tertiary/aromatic N) is 3. The van der Waals surface area contributed by atoms with Gasteiger partial charge in [0.25, 0.3) is 0 Å². The van der Waals surface area contributed by atoms with Crippen molar-refractivity contribution in [1.29, 1.82) is 0 Å². The highest BCUT2D eigenvalue weighted by Gasteiger charge is 2.25. The van der Waals surface area contributed by atoms with Crippen LogP contribution in [0, 0.1) is 6.92 Å². The van der Waals surface area contributed by atoms with E-state index in [0.717, 1.165) is 23.7 Å². The van der Waals surface area contributed by atoms with Crippen LogP contribution in [-0.2, 0) is 13.0 Å². The Balaban J connectivity index is 1.48. The molecule has 0 aliphatic carbocycles. The van der Waals surface area contributed by atoms with Crippen molar-refractivity contribution in [2.75, 3.05) is 25.0 Å². The molecule has 1 atom stereocenters. The largest absolute Gasteiger partial charge is 0.367 e. The Bertz CT molecular complexity index is 715. The van der Waals surface area contributed by atoms with Crippen LogP contribution in [0.3, 0.4) is 0 Å². The van der Waals surface area contributed by atoms with E-state index in [1.54, 1.807) is 23.3 Å². The molecule has 1 aliphatic rings. The number of carbonyl (C=O) groups excluding carboxylic acids is 1. The summed E-state index contributed by atoms with van der Waals surface area (Å²) in [6.45, 7) is 6.21. The molecule has 2 aromatic rings. The molecule has 0 radical (unpaired) electrons. The van der Waals surface area contributed by atoms with Crippen molar-refractivity contribution in [3.8, 4) is 0 Å². The van der Waals surface area contributed by atoms with E-state index in [2.05, 4.69) is 46.4 Å². The van der Waals surface area contributed by atoms with Crippen molar-refractivity contribution in [3.63, 3.8) is 0 Å². The van der Waals surface area contributed by atoms with E-state index >= 15 is 0 Å². The van der Waals surface area contributed by atoms with Gasteiger partial charge in [-0.05, 0) is 31.9 Å². The summed E-state index contributed by atoms with van der Waals surface area (Å²) in [6.07, 6.45) is 1.08. The van der Waals surface area contributed by atoms with Crippen LogP contribution in [0.2, 0.25) is 0 Å². The third-order valence-corrected chi connectivity index (χ3v) is 5.21. The first-order chi connectivity index (χ1) is 11.5. The first-order valence-electron chi connectivity index (χ1n) is 8.29. The van der Waals surface area contributed by atoms with Crippen LogP contribution in [0.5, 0.6) is 0 Å². The highest BCUT2D eigenvalue weighted by atomic mass is 32.1. The van der Waals surface area contributed by atoms with Crippen LogP contribution >= 0.6 is 11.3 Å². The van der Waals surface area contributed by atoms with Gasteiger partial charge in [-0.3, -0.25) is 0 Å². The van der Waals surface area contributed by atoms with E-state index in [9.17, 15) is 4.79 Å². The SMILES string of the molecule is Cc1nc(CN(C)C(=O)NCCN2c3ccccc3CC2C)cs1. The summed E-state index contributed by atoms with van der Waals surface area (Å²) in [5.74, 6) is 0. The predicted molar refractivity (Wildman–Crippen MR) is 98.7 cm³/mol. The van der Waals surface area contributed by atoms with Gasteiger partial charge < -0.3 is 15.1 Å². The molecular weight excluding hydrogens is 320 g/mol. The van der Waals surface area contributed by atoms with E-state index in [1.807, 2.05) is 12.3 Å². The van der Waals surface area contributed by atoms with Gasteiger partial charge in [-0.15, -0.1) is 11.3 Å². The highest BCUT2D eigenvalue weighted by molar-refractivity contribution is 7.09. The van der Waals surface area contributed by atoms with E-state index in [1.165, 1.54) is 11.3 Å². The highest BCUT2D eigenvalue weighted by Crippen LogP contribution is 2.31. The molecule has 0 bridgehead atoms. The number of urea groups is 1. The Labute approximate surface area is 147 Å². The van der Waals surface area contributed by atoms with Crippen LogP contribution in [0.25, 0.3) is 0 Å². The lowest BCUT2D eigenvalue weighted by Crippen LogP contribution is -2.42. The van der Waals surface area contributed by atoms with E-state index < -0.39 is 0 Å². The fraction of sp³-hybridized carbons (Fsp3) is 0.444. The lowest BCUT2D eigenvalue weighted by molar-refractivity contribution is 0.206. The number of thiazole rings is 1. The number of benzene rings is 1. The number of para-hydroxylation sites is 1. The van der Waals surface area contributed by atoms with Gasteiger partial charge in [0.1, 0.15) is 0 Å². The molecule has 128 valence electrons. The van der Waals surface area contributed by atoms with Crippen molar-refractivity contribution < 1.29 is 4.79 Å². The number of aromatic nitrogens is 1. The molecule has 1 unspecified atom stereocenters. The first-order valence-corrected chi connectivity index (χ1v) is 9.17. The maximum absolute atomic E-state index is 12.2. The number of aryl methyl sites for hydroxylation is 1. The molecule has 0 saturated carbocycles. The van der Waals surface area contributed by atoms with E-state index in [0.29, 0.717) is 19.1 Å². The van der Waals surface area contributed by atoms with Crippen LogP contribution in [-0.4, -0.2) is 42.1 Å². The van der Waals surface area contributed by atoms with Gasteiger partial charge in [-0.2, -0.15) is 0 Å². The van der Waals surface area contributed by atoms with Gasteiger partial charge >= 0.3 is 6.03 Å². The Morgan fingerprint density at radius 1 is 1.46 bits per heavy atom. The average Bonchev–Trinajstić information content (AvgIpc) is 3.10. The molecule has 1 aromatic heterocycles. The fourth-order valence-corrected chi connectivity index (χ4v) is 3.79. The molecular formula is C18H24N4OS. The number of hydrogen-bond donors (Lipinski definition) is 1. The summed E-state index contributed by atoms with van der Waals surface area (Å²) in [7, 11) is 1.80. The maximum atomic E-state index is 12.2. The number of carbonyl (C=O) groups is 1. The van der Waals surface area contributed by atoms with Crippen LogP contribution < -0.4 is 10.2 Å². The second-order valence-electron chi connectivity index (χ2n) is 6.32. The summed E-state index contributed by atoms with van der Waals surface area (Å²) in [6, 6.07) is 8.94. The smallest absolute Gasteiger partial charge is 0.317 e. The van der Waals surface area contributed by atoms with Crippen molar-refractivity contribution >= 4 is 23.1 Å². The van der Waals surface area contributed by atoms with Gasteiger partial charge in [0, 0.05) is 37.2 Å². The Hall–Kier alpha value is -2.08. The van der Waals surface area contributed by atoms with Gasteiger partial charge in [0.15, 0.2) is 0 Å². The monoisotopic (exact) mass is 344 g/mol. The minimum atomic E-state index is -0.0548.